The Morgan fingerprint density at radius 2 is 2.00 bits per heavy atom. The highest BCUT2D eigenvalue weighted by Gasteiger charge is 2.24. The van der Waals surface area contributed by atoms with Crippen molar-refractivity contribution in [2.45, 2.75) is 11.3 Å². The second kappa shape index (κ2) is 7.33. The molecule has 0 spiro atoms. The number of hydrogen-bond acceptors (Lipinski definition) is 6. The Hall–Kier alpha value is -2.61. The van der Waals surface area contributed by atoms with E-state index in [4.69, 9.17) is 0 Å². The summed E-state index contributed by atoms with van der Waals surface area (Å²) in [6, 6.07) is 9.36. The van der Waals surface area contributed by atoms with Gasteiger partial charge in [0.25, 0.3) is 5.91 Å². The number of carbonyl (C=O) groups is 2. The molecule has 3 heterocycles. The number of piperazine rings is 1. The first-order valence-corrected chi connectivity index (χ1v) is 9.58. The van der Waals surface area contributed by atoms with E-state index in [0.717, 1.165) is 35.2 Å². The maximum Gasteiger partial charge on any atom is 0.254 e. The predicted octanol–water partition coefficient (Wildman–Crippen LogP) is 1.87. The fraction of sp³-hybridized carbons (Fsp3) is 0.333. The number of nitrogens with one attached hydrogen (secondary N) is 1. The molecule has 0 unspecified atom stereocenters. The van der Waals surface area contributed by atoms with Crippen LogP contribution in [0, 0.1) is 0 Å². The number of nitrogens with zero attached hydrogens (tertiary/aromatic N) is 4. The van der Waals surface area contributed by atoms with E-state index in [1.54, 1.807) is 24.0 Å². The minimum Gasteiger partial charge on any atom is -0.352 e. The van der Waals surface area contributed by atoms with Crippen LogP contribution >= 0.6 is 11.8 Å². The third kappa shape index (κ3) is 3.50. The van der Waals surface area contributed by atoms with Gasteiger partial charge in [0.2, 0.25) is 5.91 Å². The normalized spacial score (nSPS) is 17.3. The van der Waals surface area contributed by atoms with Gasteiger partial charge >= 0.3 is 0 Å². The van der Waals surface area contributed by atoms with Crippen molar-refractivity contribution in [3.05, 3.63) is 42.1 Å². The number of fused-ring (bicyclic) bond motifs is 1. The van der Waals surface area contributed by atoms with E-state index in [1.165, 1.54) is 0 Å². The van der Waals surface area contributed by atoms with Crippen LogP contribution in [0.2, 0.25) is 0 Å². The highest BCUT2D eigenvalue weighted by molar-refractivity contribution is 7.99. The number of aromatic nitrogens is 2. The number of thioether (sulfide) groups is 1. The fourth-order valence-electron chi connectivity index (χ4n) is 3.14. The molecular weight excluding hydrogens is 350 g/mol. The van der Waals surface area contributed by atoms with Crippen molar-refractivity contribution in [3.63, 3.8) is 0 Å². The van der Waals surface area contributed by atoms with Gasteiger partial charge in [0, 0.05) is 55.0 Å². The average molecular weight is 369 g/mol. The monoisotopic (exact) mass is 369 g/mol. The van der Waals surface area contributed by atoms with E-state index in [-0.39, 0.29) is 11.8 Å². The van der Waals surface area contributed by atoms with Crippen LogP contribution in [0.4, 0.5) is 11.5 Å². The zero-order chi connectivity index (χ0) is 17.9. The minimum atomic E-state index is -0.00454. The van der Waals surface area contributed by atoms with Crippen LogP contribution in [0.5, 0.6) is 0 Å². The van der Waals surface area contributed by atoms with Crippen LogP contribution in [-0.4, -0.2) is 58.8 Å². The lowest BCUT2D eigenvalue weighted by molar-refractivity contribution is -0.115. The van der Waals surface area contributed by atoms with Crippen LogP contribution in [0.25, 0.3) is 0 Å². The van der Waals surface area contributed by atoms with E-state index < -0.39 is 0 Å². The Morgan fingerprint density at radius 1 is 1.15 bits per heavy atom. The van der Waals surface area contributed by atoms with Crippen molar-refractivity contribution in [2.24, 2.45) is 0 Å². The molecule has 7 nitrogen and oxygen atoms in total. The number of anilines is 2. The van der Waals surface area contributed by atoms with E-state index in [1.807, 2.05) is 29.2 Å². The quantitative estimate of drug-likeness (QED) is 0.871. The van der Waals surface area contributed by atoms with Gasteiger partial charge in [-0.25, -0.2) is 0 Å². The third-order valence-electron chi connectivity index (χ3n) is 4.54. The van der Waals surface area contributed by atoms with Gasteiger partial charge in [0.05, 0.1) is 5.69 Å². The minimum absolute atomic E-state index is 0.00145. The molecule has 0 saturated carbocycles. The van der Waals surface area contributed by atoms with Gasteiger partial charge < -0.3 is 15.1 Å². The number of amides is 2. The Labute approximate surface area is 155 Å². The molecule has 8 heteroatoms. The molecule has 2 amide bonds. The number of carbonyl (C=O) groups excluding carboxylic acids is 2. The Kier molecular flexibility index (Phi) is 4.75. The number of rotatable bonds is 2. The van der Waals surface area contributed by atoms with Gasteiger partial charge in [-0.3, -0.25) is 9.59 Å². The van der Waals surface area contributed by atoms with Crippen molar-refractivity contribution >= 4 is 35.1 Å². The maximum absolute atomic E-state index is 12.9. The van der Waals surface area contributed by atoms with Crippen molar-refractivity contribution in [1.29, 1.82) is 0 Å². The van der Waals surface area contributed by atoms with E-state index in [0.29, 0.717) is 25.1 Å². The Bertz CT molecular complexity index is 822. The molecule has 1 aromatic heterocycles. The largest absolute Gasteiger partial charge is 0.352 e. The number of benzene rings is 1. The summed E-state index contributed by atoms with van der Waals surface area (Å²) in [6.45, 7) is 2.71. The smallest absolute Gasteiger partial charge is 0.254 e. The SMILES string of the molecule is O=C1CCSc2ccc(C(=O)N3CCN(c4cccnn4)CC3)cc2N1. The van der Waals surface area contributed by atoms with E-state index in [9.17, 15) is 9.59 Å². The lowest BCUT2D eigenvalue weighted by Crippen LogP contribution is -2.49. The second-order valence-corrected chi connectivity index (χ2v) is 7.36. The Morgan fingerprint density at radius 3 is 2.77 bits per heavy atom. The molecule has 2 aliphatic heterocycles. The molecule has 4 rings (SSSR count). The lowest BCUT2D eigenvalue weighted by Gasteiger charge is -2.35. The molecule has 0 bridgehead atoms. The molecule has 0 aliphatic carbocycles. The van der Waals surface area contributed by atoms with E-state index in [2.05, 4.69) is 20.4 Å². The summed E-state index contributed by atoms with van der Waals surface area (Å²) in [6.07, 6.45) is 2.14. The summed E-state index contributed by atoms with van der Waals surface area (Å²) in [4.78, 5) is 29.6. The molecule has 1 fully saturated rings. The maximum atomic E-state index is 12.9. The lowest BCUT2D eigenvalue weighted by atomic mass is 10.1. The first kappa shape index (κ1) is 16.8. The van der Waals surface area contributed by atoms with Crippen molar-refractivity contribution in [3.8, 4) is 0 Å². The average Bonchev–Trinajstić information content (AvgIpc) is 2.88. The second-order valence-electron chi connectivity index (χ2n) is 6.22. The standard InChI is InChI=1S/C18H19N5O2S/c24-17-5-11-26-15-4-3-13(12-14(15)20-17)18(25)23-9-7-22(8-10-23)16-2-1-6-19-21-16/h1-4,6,12H,5,7-11H2,(H,20,24). The van der Waals surface area contributed by atoms with Crippen molar-refractivity contribution in [1.82, 2.24) is 15.1 Å². The van der Waals surface area contributed by atoms with Crippen LogP contribution in [-0.2, 0) is 4.79 Å². The predicted molar refractivity (Wildman–Crippen MR) is 101 cm³/mol. The first-order chi connectivity index (χ1) is 12.7. The topological polar surface area (TPSA) is 78.4 Å². The van der Waals surface area contributed by atoms with Gasteiger partial charge in [0.1, 0.15) is 0 Å². The van der Waals surface area contributed by atoms with Crippen LogP contribution < -0.4 is 10.2 Å². The molecule has 0 radical (unpaired) electrons. The fourth-order valence-corrected chi connectivity index (χ4v) is 4.07. The first-order valence-electron chi connectivity index (χ1n) is 8.59. The van der Waals surface area contributed by atoms with Gasteiger partial charge in [-0.2, -0.15) is 5.10 Å². The summed E-state index contributed by atoms with van der Waals surface area (Å²) in [5.74, 6) is 1.59. The van der Waals surface area contributed by atoms with Gasteiger partial charge in [-0.1, -0.05) is 0 Å². The summed E-state index contributed by atoms with van der Waals surface area (Å²) in [5.41, 5.74) is 1.35. The summed E-state index contributed by atoms with van der Waals surface area (Å²) < 4.78 is 0. The zero-order valence-corrected chi connectivity index (χ0v) is 15.0. The number of hydrogen-bond donors (Lipinski definition) is 1. The molecule has 1 N–H and O–H groups in total. The van der Waals surface area contributed by atoms with Gasteiger partial charge in [-0.15, -0.1) is 16.9 Å². The summed E-state index contributed by atoms with van der Waals surface area (Å²) >= 11 is 1.64. The van der Waals surface area contributed by atoms with Crippen molar-refractivity contribution in [2.75, 3.05) is 42.1 Å². The van der Waals surface area contributed by atoms with Crippen LogP contribution in [0.3, 0.4) is 0 Å². The highest BCUT2D eigenvalue weighted by atomic mass is 32.2. The molecule has 1 aromatic carbocycles. The molecule has 2 aromatic rings. The van der Waals surface area contributed by atoms with Crippen LogP contribution in [0.15, 0.2) is 41.4 Å². The molecule has 26 heavy (non-hydrogen) atoms. The van der Waals surface area contributed by atoms with Crippen LogP contribution in [0.1, 0.15) is 16.8 Å². The molecule has 134 valence electrons. The third-order valence-corrected chi connectivity index (χ3v) is 5.61. The molecule has 1 saturated heterocycles. The Balaban J connectivity index is 1.45. The molecule has 2 aliphatic rings. The highest BCUT2D eigenvalue weighted by Crippen LogP contribution is 2.31. The zero-order valence-electron chi connectivity index (χ0n) is 14.2. The van der Waals surface area contributed by atoms with E-state index >= 15 is 0 Å². The van der Waals surface area contributed by atoms with Gasteiger partial charge in [-0.05, 0) is 30.3 Å². The van der Waals surface area contributed by atoms with Crippen molar-refractivity contribution < 1.29 is 9.59 Å². The van der Waals surface area contributed by atoms with Gasteiger partial charge in [0.15, 0.2) is 5.82 Å². The molecule has 0 atom stereocenters. The molecular formula is C18H19N5O2S. The summed E-state index contributed by atoms with van der Waals surface area (Å²) in [5, 5.41) is 10.9. The summed E-state index contributed by atoms with van der Waals surface area (Å²) in [7, 11) is 0.